The van der Waals surface area contributed by atoms with Gasteiger partial charge < -0.3 is 26.0 Å². The van der Waals surface area contributed by atoms with E-state index in [0.717, 1.165) is 0 Å². The van der Waals surface area contributed by atoms with Crippen LogP contribution in [0.25, 0.3) is 11.2 Å². The number of carbonyl (C=O) groups is 2. The third-order valence-corrected chi connectivity index (χ3v) is 7.65. The predicted octanol–water partition coefficient (Wildman–Crippen LogP) is 4.96. The number of hydrogen-bond acceptors (Lipinski definition) is 8. The fraction of sp³-hybridized carbons (Fsp3) is 0.536. The highest BCUT2D eigenvalue weighted by Gasteiger charge is 2.35. The van der Waals surface area contributed by atoms with Crippen LogP contribution in [0.3, 0.4) is 0 Å². The van der Waals surface area contributed by atoms with Gasteiger partial charge in [0.1, 0.15) is 28.8 Å². The molecule has 1 saturated carbocycles. The van der Waals surface area contributed by atoms with Crippen molar-refractivity contribution >= 4 is 40.7 Å². The molecule has 1 aliphatic heterocycles. The number of hydrogen-bond donors (Lipinski definition) is 3. The molecule has 1 aromatic carbocycles. The normalized spacial score (nSPS) is 22.8. The Hall–Kier alpha value is -4.17. The fourth-order valence-corrected chi connectivity index (χ4v) is 5.51. The lowest BCUT2D eigenvalue weighted by molar-refractivity contribution is -0.122. The molecule has 2 atom stereocenters. The summed E-state index contributed by atoms with van der Waals surface area (Å²) in [6, 6.07) is 0.140. The van der Waals surface area contributed by atoms with Crippen LogP contribution in [0.15, 0.2) is 18.3 Å². The molecule has 4 N–H and O–H groups in total. The Kier molecular flexibility index (Phi) is 8.34. The van der Waals surface area contributed by atoms with Crippen molar-refractivity contribution in [2.75, 3.05) is 23.7 Å². The predicted molar refractivity (Wildman–Crippen MR) is 150 cm³/mol. The molecule has 0 unspecified atom stereocenters. The number of carbonyl (C=O) groups excluding carboxylic acids is 2. The van der Waals surface area contributed by atoms with Crippen molar-refractivity contribution in [3.05, 3.63) is 35.8 Å². The SMILES string of the molecule is CC(C)(C)OC(=O)N1CC[C@H](Nc2ncc3nc(Nc4c(F)cc(F)cc4F)n([C@H]4CC[C@@H](C(N)=O)CC4)c3n2)[C@H](F)C1. The first kappa shape index (κ1) is 30.3. The van der Waals surface area contributed by atoms with Crippen LogP contribution in [-0.4, -0.2) is 67.3 Å². The molecule has 2 aromatic heterocycles. The van der Waals surface area contributed by atoms with Crippen LogP contribution in [0.5, 0.6) is 0 Å². The number of primary amides is 1. The molecule has 0 bridgehead atoms. The van der Waals surface area contributed by atoms with Gasteiger partial charge in [-0.05, 0) is 52.9 Å². The third-order valence-electron chi connectivity index (χ3n) is 7.65. The van der Waals surface area contributed by atoms with Gasteiger partial charge in [-0.2, -0.15) is 4.98 Å². The minimum Gasteiger partial charge on any atom is -0.444 e. The summed E-state index contributed by atoms with van der Waals surface area (Å²) in [6.07, 6.45) is 1.65. The summed E-state index contributed by atoms with van der Waals surface area (Å²) in [5, 5.41) is 5.65. The zero-order valence-corrected chi connectivity index (χ0v) is 24.0. The second kappa shape index (κ2) is 11.8. The van der Waals surface area contributed by atoms with Crippen molar-refractivity contribution in [1.82, 2.24) is 24.4 Å². The summed E-state index contributed by atoms with van der Waals surface area (Å²) in [4.78, 5) is 38.8. The number of imidazole rings is 1. The number of ether oxygens (including phenoxy) is 1. The van der Waals surface area contributed by atoms with Crippen LogP contribution in [0.1, 0.15) is 58.9 Å². The number of nitrogens with one attached hydrogen (secondary N) is 2. The van der Waals surface area contributed by atoms with Gasteiger partial charge in [0.05, 0.1) is 18.8 Å². The summed E-state index contributed by atoms with van der Waals surface area (Å²) in [7, 11) is 0. The van der Waals surface area contributed by atoms with Gasteiger partial charge in [-0.3, -0.25) is 9.36 Å². The molecule has 232 valence electrons. The van der Waals surface area contributed by atoms with Crippen molar-refractivity contribution in [3.63, 3.8) is 0 Å². The number of aromatic nitrogens is 4. The molecule has 11 nitrogen and oxygen atoms in total. The Balaban J connectivity index is 1.41. The number of anilines is 3. The van der Waals surface area contributed by atoms with E-state index >= 15 is 4.39 Å². The number of alkyl halides is 1. The largest absolute Gasteiger partial charge is 0.444 e. The molecule has 2 amide bonds. The summed E-state index contributed by atoms with van der Waals surface area (Å²) in [5.74, 6) is -3.90. The minimum atomic E-state index is -1.43. The van der Waals surface area contributed by atoms with Crippen molar-refractivity contribution in [3.8, 4) is 0 Å². The zero-order valence-electron chi connectivity index (χ0n) is 24.0. The van der Waals surface area contributed by atoms with Crippen molar-refractivity contribution < 1.29 is 31.9 Å². The number of fused-ring (bicyclic) bond motifs is 1. The first-order valence-corrected chi connectivity index (χ1v) is 14.1. The van der Waals surface area contributed by atoms with Crippen molar-refractivity contribution in [2.24, 2.45) is 11.7 Å². The molecular weight excluding hydrogens is 572 g/mol. The maximum Gasteiger partial charge on any atom is 0.410 e. The number of nitrogens with zero attached hydrogens (tertiary/aromatic N) is 5. The molecule has 2 fully saturated rings. The molecular formula is C28H34F4N8O3. The van der Waals surface area contributed by atoms with Crippen LogP contribution in [0, 0.1) is 23.4 Å². The molecule has 2 aliphatic rings. The zero-order chi connectivity index (χ0) is 31.1. The Morgan fingerprint density at radius 1 is 1.05 bits per heavy atom. The van der Waals surface area contributed by atoms with E-state index in [2.05, 4.69) is 25.6 Å². The van der Waals surface area contributed by atoms with Gasteiger partial charge in [-0.1, -0.05) is 0 Å². The fourth-order valence-electron chi connectivity index (χ4n) is 5.51. The van der Waals surface area contributed by atoms with Crippen molar-refractivity contribution in [2.45, 2.75) is 76.7 Å². The second-order valence-electron chi connectivity index (χ2n) is 12.0. The van der Waals surface area contributed by atoms with Gasteiger partial charge in [-0.25, -0.2) is 32.3 Å². The van der Waals surface area contributed by atoms with Crippen LogP contribution in [-0.2, 0) is 9.53 Å². The Morgan fingerprint density at radius 3 is 2.33 bits per heavy atom. The van der Waals surface area contributed by atoms with E-state index in [-0.39, 0.29) is 43.4 Å². The second-order valence-corrected chi connectivity index (χ2v) is 12.0. The molecule has 1 saturated heterocycles. The number of rotatable bonds is 6. The molecule has 3 heterocycles. The van der Waals surface area contributed by atoms with Gasteiger partial charge in [0.2, 0.25) is 17.8 Å². The monoisotopic (exact) mass is 606 g/mol. The average molecular weight is 607 g/mol. The number of nitrogens with two attached hydrogens (primary N) is 1. The van der Waals surface area contributed by atoms with Crippen LogP contribution in [0.4, 0.5) is 39.9 Å². The Morgan fingerprint density at radius 2 is 1.72 bits per heavy atom. The van der Waals surface area contributed by atoms with E-state index in [1.165, 1.54) is 11.1 Å². The number of likely N-dealkylation sites (tertiary alicyclic amines) is 1. The highest BCUT2D eigenvalue weighted by atomic mass is 19.1. The molecule has 5 rings (SSSR count). The Labute approximate surface area is 245 Å². The van der Waals surface area contributed by atoms with Gasteiger partial charge in [0.25, 0.3) is 0 Å². The van der Waals surface area contributed by atoms with Gasteiger partial charge in [0, 0.05) is 30.6 Å². The smallest absolute Gasteiger partial charge is 0.410 e. The Bertz CT molecular complexity index is 1500. The van der Waals surface area contributed by atoms with E-state index in [1.54, 1.807) is 25.3 Å². The minimum absolute atomic E-state index is 0.0439. The van der Waals surface area contributed by atoms with Gasteiger partial charge >= 0.3 is 6.09 Å². The lowest BCUT2D eigenvalue weighted by Gasteiger charge is -2.35. The number of piperidine rings is 1. The summed E-state index contributed by atoms with van der Waals surface area (Å²) in [6.45, 7) is 5.31. The van der Waals surface area contributed by atoms with Crippen LogP contribution in [0.2, 0.25) is 0 Å². The highest BCUT2D eigenvalue weighted by Crippen LogP contribution is 2.37. The summed E-state index contributed by atoms with van der Waals surface area (Å²) >= 11 is 0. The number of halogens is 4. The van der Waals surface area contributed by atoms with Crippen LogP contribution < -0.4 is 16.4 Å². The van der Waals surface area contributed by atoms with Crippen molar-refractivity contribution in [1.29, 1.82) is 0 Å². The molecule has 0 spiro atoms. The van der Waals surface area contributed by atoms with E-state index < -0.39 is 53.0 Å². The van der Waals surface area contributed by atoms with Gasteiger partial charge in [-0.15, -0.1) is 0 Å². The first-order chi connectivity index (χ1) is 20.3. The molecule has 0 radical (unpaired) electrons. The van der Waals surface area contributed by atoms with E-state index in [4.69, 9.17) is 10.5 Å². The lowest BCUT2D eigenvalue weighted by atomic mass is 9.85. The average Bonchev–Trinajstić information content (AvgIpc) is 3.28. The molecule has 3 aromatic rings. The molecule has 1 aliphatic carbocycles. The quantitative estimate of drug-likeness (QED) is 0.335. The first-order valence-electron chi connectivity index (χ1n) is 14.1. The van der Waals surface area contributed by atoms with E-state index in [0.29, 0.717) is 49.0 Å². The summed E-state index contributed by atoms with van der Waals surface area (Å²) < 4.78 is 64.8. The maximum atomic E-state index is 15.2. The third kappa shape index (κ3) is 6.75. The van der Waals surface area contributed by atoms with E-state index in [9.17, 15) is 22.8 Å². The number of benzene rings is 1. The number of amides is 2. The summed E-state index contributed by atoms with van der Waals surface area (Å²) in [5.41, 5.74) is 4.81. The molecule has 43 heavy (non-hydrogen) atoms. The van der Waals surface area contributed by atoms with Gasteiger partial charge in [0.15, 0.2) is 17.3 Å². The topological polar surface area (TPSA) is 140 Å². The maximum absolute atomic E-state index is 15.2. The van der Waals surface area contributed by atoms with Crippen LogP contribution >= 0.6 is 0 Å². The van der Waals surface area contributed by atoms with E-state index in [1.807, 2.05) is 0 Å². The standard InChI is InChI=1S/C28H34F4N8O3/c1-28(2,3)43-27(42)39-9-8-20(19(32)13-39)35-25-34-12-21-24(38-25)40(16-6-4-14(5-7-16)23(33)41)26(36-21)37-22-17(30)10-15(29)11-18(22)31/h10-12,14,16,19-20H,4-9,13H2,1-3H3,(H2,33,41)(H,36,37)(H,34,35,38)/t14-,16+,19-,20+/m1/s1. The highest BCUT2D eigenvalue weighted by molar-refractivity contribution is 5.78. The lowest BCUT2D eigenvalue weighted by Crippen LogP contribution is -2.51. The molecule has 15 heteroatoms.